The lowest BCUT2D eigenvalue weighted by molar-refractivity contribution is -0.122. The van der Waals surface area contributed by atoms with Crippen molar-refractivity contribution < 1.29 is 24.1 Å². The first-order chi connectivity index (χ1) is 13.6. The summed E-state index contributed by atoms with van der Waals surface area (Å²) in [7, 11) is 3.61. The van der Waals surface area contributed by atoms with Crippen LogP contribution in [0.1, 0.15) is 41.8 Å². The third kappa shape index (κ3) is 3.43. The topological polar surface area (TPSA) is 81.1 Å². The largest absolute Gasteiger partial charge is 0.492 e. The van der Waals surface area contributed by atoms with Gasteiger partial charge in [-0.1, -0.05) is 6.07 Å². The summed E-state index contributed by atoms with van der Waals surface area (Å²) in [6.07, 6.45) is 1.87. The van der Waals surface area contributed by atoms with Crippen molar-refractivity contribution in [2.75, 3.05) is 27.5 Å². The molecule has 2 aliphatic rings. The first kappa shape index (κ1) is 18.7. The van der Waals surface area contributed by atoms with Crippen LogP contribution in [0.2, 0.25) is 0 Å². The summed E-state index contributed by atoms with van der Waals surface area (Å²) in [6.45, 7) is 1.00. The van der Waals surface area contributed by atoms with Crippen LogP contribution < -0.4 is 14.2 Å². The van der Waals surface area contributed by atoms with Crippen LogP contribution in [0.15, 0.2) is 30.5 Å². The number of Topliss-reactive ketones (excluding diaryl/α,β-unsaturated/α-hetero) is 1. The van der Waals surface area contributed by atoms with Crippen molar-refractivity contribution in [2.24, 2.45) is 0 Å². The molecule has 1 aromatic carbocycles. The lowest BCUT2D eigenvalue weighted by Crippen LogP contribution is -2.34. The van der Waals surface area contributed by atoms with Gasteiger partial charge in [-0.05, 0) is 37.2 Å². The Morgan fingerprint density at radius 1 is 1.43 bits per heavy atom. The first-order valence-electron chi connectivity index (χ1n) is 9.38. The van der Waals surface area contributed by atoms with Crippen LogP contribution in [0.5, 0.6) is 17.2 Å². The molecule has 3 heterocycles. The molecule has 2 aromatic rings. The van der Waals surface area contributed by atoms with Gasteiger partial charge in [0.2, 0.25) is 12.5 Å². The smallest absolute Gasteiger partial charge is 0.231 e. The zero-order valence-electron chi connectivity index (χ0n) is 16.1. The number of likely N-dealkylation sites (N-methyl/N-ethyl adjacent to an activating group) is 1. The normalized spacial score (nSPS) is 19.2. The second-order valence-electron chi connectivity index (χ2n) is 7.18. The predicted octanol–water partition coefficient (Wildman–Crippen LogP) is 2.43. The van der Waals surface area contributed by atoms with Crippen LogP contribution in [-0.4, -0.2) is 48.3 Å². The van der Waals surface area contributed by atoms with E-state index in [1.807, 2.05) is 13.1 Å². The average Bonchev–Trinajstić information content (AvgIpc) is 3.17. The number of carbonyl (C=O) groups excluding carboxylic acids is 1. The Labute approximate surface area is 163 Å². The van der Waals surface area contributed by atoms with Crippen LogP contribution in [-0.2, 0) is 11.2 Å². The number of methoxy groups -OCH3 is 1. The number of aromatic nitrogens is 1. The Bertz CT molecular complexity index is 871. The number of ether oxygens (including phenoxy) is 3. The molecule has 0 spiro atoms. The monoisotopic (exact) mass is 384 g/mol. The van der Waals surface area contributed by atoms with Crippen LogP contribution in [0.25, 0.3) is 0 Å². The highest BCUT2D eigenvalue weighted by Gasteiger charge is 2.35. The molecule has 0 aliphatic carbocycles. The van der Waals surface area contributed by atoms with E-state index in [1.165, 1.54) is 0 Å². The summed E-state index contributed by atoms with van der Waals surface area (Å²) < 4.78 is 16.8. The van der Waals surface area contributed by atoms with Crippen molar-refractivity contribution >= 4 is 5.78 Å². The van der Waals surface area contributed by atoms with Gasteiger partial charge in [-0.3, -0.25) is 14.7 Å². The maximum absolute atomic E-state index is 12.8. The Kier molecular flexibility index (Phi) is 5.19. The van der Waals surface area contributed by atoms with Gasteiger partial charge in [0.1, 0.15) is 11.9 Å². The number of nitrogens with zero attached hydrogens (tertiary/aromatic N) is 2. The number of hydrogen-bond acceptors (Lipinski definition) is 7. The number of rotatable bonds is 6. The Balaban J connectivity index is 1.58. The van der Waals surface area contributed by atoms with Gasteiger partial charge in [-0.15, -0.1) is 0 Å². The van der Waals surface area contributed by atoms with Crippen molar-refractivity contribution in [1.29, 1.82) is 0 Å². The molecule has 2 atom stereocenters. The summed E-state index contributed by atoms with van der Waals surface area (Å²) in [5.74, 6) is 1.90. The molecule has 1 aromatic heterocycles. The van der Waals surface area contributed by atoms with E-state index in [-0.39, 0.29) is 31.5 Å². The van der Waals surface area contributed by atoms with E-state index in [2.05, 4.69) is 9.88 Å². The fourth-order valence-electron chi connectivity index (χ4n) is 3.98. The molecule has 28 heavy (non-hydrogen) atoms. The van der Waals surface area contributed by atoms with Crippen molar-refractivity contribution in [3.63, 3.8) is 0 Å². The fraction of sp³-hybridized carbons (Fsp3) is 0.429. The number of benzene rings is 1. The summed E-state index contributed by atoms with van der Waals surface area (Å²) in [5.41, 5.74) is 2.60. The molecule has 0 saturated heterocycles. The van der Waals surface area contributed by atoms with E-state index in [0.29, 0.717) is 22.9 Å². The van der Waals surface area contributed by atoms with Crippen molar-refractivity contribution in [1.82, 2.24) is 9.88 Å². The second kappa shape index (κ2) is 7.77. The van der Waals surface area contributed by atoms with Crippen molar-refractivity contribution in [2.45, 2.75) is 31.4 Å². The van der Waals surface area contributed by atoms with Crippen LogP contribution in [0.4, 0.5) is 0 Å². The molecule has 1 N–H and O–H groups in total. The highest BCUT2D eigenvalue weighted by atomic mass is 16.7. The van der Waals surface area contributed by atoms with E-state index in [1.54, 1.807) is 31.5 Å². The Morgan fingerprint density at radius 3 is 3.04 bits per heavy atom. The molecule has 148 valence electrons. The van der Waals surface area contributed by atoms with Gasteiger partial charge in [-0.2, -0.15) is 0 Å². The third-order valence-corrected chi connectivity index (χ3v) is 5.42. The third-order valence-electron chi connectivity index (χ3n) is 5.42. The molecular formula is C21H24N2O5. The van der Waals surface area contributed by atoms with Gasteiger partial charge >= 0.3 is 0 Å². The van der Waals surface area contributed by atoms with Crippen LogP contribution >= 0.6 is 0 Å². The van der Waals surface area contributed by atoms with Crippen LogP contribution in [0, 0.1) is 0 Å². The number of fused-ring (bicyclic) bond motifs is 2. The SMILES string of the molecule is COc1c2c(cc3c1[C@@H](CC(=O)C[C@H](O)c1ccccn1)N(C)CC3)OCO2. The summed E-state index contributed by atoms with van der Waals surface area (Å²) in [5, 5.41) is 10.4. The Morgan fingerprint density at radius 2 is 2.29 bits per heavy atom. The molecule has 7 nitrogen and oxygen atoms in total. The maximum atomic E-state index is 12.8. The molecule has 0 amide bonds. The summed E-state index contributed by atoms with van der Waals surface area (Å²) in [4.78, 5) is 19.1. The minimum Gasteiger partial charge on any atom is -0.492 e. The zero-order chi connectivity index (χ0) is 19.7. The van der Waals surface area contributed by atoms with E-state index in [9.17, 15) is 9.90 Å². The van der Waals surface area contributed by atoms with Gasteiger partial charge in [0, 0.05) is 37.2 Å². The Hall–Kier alpha value is -2.64. The molecule has 0 saturated carbocycles. The van der Waals surface area contributed by atoms with E-state index >= 15 is 0 Å². The number of aliphatic hydroxyl groups excluding tert-OH is 1. The van der Waals surface area contributed by atoms with Gasteiger partial charge in [0.15, 0.2) is 11.5 Å². The number of hydrogen-bond donors (Lipinski definition) is 1. The predicted molar refractivity (Wildman–Crippen MR) is 102 cm³/mol. The molecule has 7 heteroatoms. The minimum absolute atomic E-state index is 0.0254. The average molecular weight is 384 g/mol. The lowest BCUT2D eigenvalue weighted by Gasteiger charge is -2.35. The summed E-state index contributed by atoms with van der Waals surface area (Å²) in [6, 6.07) is 7.16. The van der Waals surface area contributed by atoms with Gasteiger partial charge in [0.05, 0.1) is 12.8 Å². The molecule has 0 radical (unpaired) electrons. The number of pyridine rings is 1. The number of aliphatic hydroxyl groups is 1. The number of carbonyl (C=O) groups is 1. The van der Waals surface area contributed by atoms with E-state index in [4.69, 9.17) is 14.2 Å². The van der Waals surface area contributed by atoms with E-state index < -0.39 is 6.10 Å². The molecule has 0 unspecified atom stereocenters. The fourth-order valence-corrected chi connectivity index (χ4v) is 3.98. The van der Waals surface area contributed by atoms with E-state index in [0.717, 1.165) is 24.1 Å². The second-order valence-corrected chi connectivity index (χ2v) is 7.18. The highest BCUT2D eigenvalue weighted by molar-refractivity contribution is 5.80. The van der Waals surface area contributed by atoms with Gasteiger partial charge in [-0.25, -0.2) is 0 Å². The van der Waals surface area contributed by atoms with Crippen molar-refractivity contribution in [3.8, 4) is 17.2 Å². The highest BCUT2D eigenvalue weighted by Crippen LogP contribution is 2.50. The van der Waals surface area contributed by atoms with Crippen molar-refractivity contribution in [3.05, 3.63) is 47.3 Å². The van der Waals surface area contributed by atoms with Gasteiger partial charge < -0.3 is 19.3 Å². The quantitative estimate of drug-likeness (QED) is 0.819. The first-order valence-corrected chi connectivity index (χ1v) is 9.38. The molecule has 0 fully saturated rings. The lowest BCUT2D eigenvalue weighted by atomic mass is 9.87. The molecule has 2 aliphatic heterocycles. The van der Waals surface area contributed by atoms with Crippen LogP contribution in [0.3, 0.4) is 0 Å². The summed E-state index contributed by atoms with van der Waals surface area (Å²) >= 11 is 0. The standard InChI is InChI=1S/C21H24N2O5/c1-23-8-6-13-9-18-20(28-12-27-18)21(26-2)19(13)16(23)10-14(24)11-17(25)15-5-3-4-7-22-15/h3-5,7,9,16-17,25H,6,8,10-12H2,1-2H3/t16-,17+/m1/s1. The zero-order valence-corrected chi connectivity index (χ0v) is 16.1. The molecule has 0 bridgehead atoms. The molecule has 4 rings (SSSR count). The minimum atomic E-state index is -0.902. The van der Waals surface area contributed by atoms with Gasteiger partial charge in [0.25, 0.3) is 0 Å². The molecular weight excluding hydrogens is 360 g/mol. The number of ketones is 1. The maximum Gasteiger partial charge on any atom is 0.231 e.